The summed E-state index contributed by atoms with van der Waals surface area (Å²) >= 11 is 3.35. The molecule has 0 bridgehead atoms. The molecule has 2 aromatic carbocycles. The molecule has 0 aliphatic rings. The van der Waals surface area contributed by atoms with Gasteiger partial charge < -0.3 is 0 Å². The molecule has 3 nitrogen and oxygen atoms in total. The molecule has 0 amide bonds. The molecule has 0 aliphatic heterocycles. The van der Waals surface area contributed by atoms with Crippen LogP contribution in [0.2, 0.25) is 0 Å². The van der Waals surface area contributed by atoms with Crippen molar-refractivity contribution in [2.45, 2.75) is 18.4 Å². The monoisotopic (exact) mass is 371 g/mol. The standard InChI is InChI=1S/C15H15BrFNO2S/c1-11-6-7-14(17)9-15(11)21(19,20)18(2)10-12-4-3-5-13(16)8-12/h3-9H,10H2,1-2H3. The van der Waals surface area contributed by atoms with E-state index in [1.165, 1.54) is 23.5 Å². The number of aryl methyl sites for hydroxylation is 1. The smallest absolute Gasteiger partial charge is 0.207 e. The third-order valence-electron chi connectivity index (χ3n) is 3.13. The lowest BCUT2D eigenvalue weighted by atomic mass is 10.2. The Labute approximate surface area is 132 Å². The van der Waals surface area contributed by atoms with Gasteiger partial charge >= 0.3 is 0 Å². The van der Waals surface area contributed by atoms with Crippen LogP contribution in [0.25, 0.3) is 0 Å². The van der Waals surface area contributed by atoms with E-state index in [2.05, 4.69) is 15.9 Å². The summed E-state index contributed by atoms with van der Waals surface area (Å²) in [6.45, 7) is 1.87. The molecule has 112 valence electrons. The fraction of sp³-hybridized carbons (Fsp3) is 0.200. The van der Waals surface area contributed by atoms with E-state index in [-0.39, 0.29) is 11.4 Å². The molecule has 0 saturated carbocycles. The Morgan fingerprint density at radius 1 is 1.19 bits per heavy atom. The summed E-state index contributed by atoms with van der Waals surface area (Å²) in [6, 6.07) is 11.2. The molecular formula is C15H15BrFNO2S. The van der Waals surface area contributed by atoms with Gasteiger partial charge in [-0.15, -0.1) is 0 Å². The maximum absolute atomic E-state index is 13.3. The van der Waals surface area contributed by atoms with Gasteiger partial charge in [0.1, 0.15) is 5.82 Å². The maximum Gasteiger partial charge on any atom is 0.243 e. The third-order valence-corrected chi connectivity index (χ3v) is 5.57. The SMILES string of the molecule is Cc1ccc(F)cc1S(=O)(=O)N(C)Cc1cccc(Br)c1. The van der Waals surface area contributed by atoms with Gasteiger partial charge in [-0.1, -0.05) is 34.1 Å². The minimum atomic E-state index is -3.73. The average molecular weight is 372 g/mol. The minimum Gasteiger partial charge on any atom is -0.207 e. The second kappa shape index (κ2) is 6.25. The van der Waals surface area contributed by atoms with Crippen LogP contribution in [-0.4, -0.2) is 19.8 Å². The van der Waals surface area contributed by atoms with E-state index in [1.54, 1.807) is 6.92 Å². The predicted molar refractivity (Wildman–Crippen MR) is 83.9 cm³/mol. The van der Waals surface area contributed by atoms with Gasteiger partial charge in [-0.3, -0.25) is 0 Å². The van der Waals surface area contributed by atoms with E-state index in [9.17, 15) is 12.8 Å². The molecule has 0 aromatic heterocycles. The van der Waals surface area contributed by atoms with Crippen LogP contribution in [0.3, 0.4) is 0 Å². The highest BCUT2D eigenvalue weighted by molar-refractivity contribution is 9.10. The number of hydrogen-bond donors (Lipinski definition) is 0. The molecule has 0 radical (unpaired) electrons. The number of benzene rings is 2. The number of rotatable bonds is 4. The van der Waals surface area contributed by atoms with Crippen molar-refractivity contribution >= 4 is 26.0 Å². The van der Waals surface area contributed by atoms with E-state index in [0.717, 1.165) is 16.1 Å². The number of nitrogens with zero attached hydrogens (tertiary/aromatic N) is 1. The van der Waals surface area contributed by atoms with Gasteiger partial charge in [-0.2, -0.15) is 4.31 Å². The van der Waals surface area contributed by atoms with Crippen molar-refractivity contribution in [1.82, 2.24) is 4.31 Å². The Balaban J connectivity index is 2.33. The zero-order chi connectivity index (χ0) is 15.6. The van der Waals surface area contributed by atoms with Crippen LogP contribution in [0.1, 0.15) is 11.1 Å². The molecule has 0 aliphatic carbocycles. The van der Waals surface area contributed by atoms with Crippen LogP contribution in [0.4, 0.5) is 4.39 Å². The van der Waals surface area contributed by atoms with Gasteiger partial charge in [-0.25, -0.2) is 12.8 Å². The summed E-state index contributed by atoms with van der Waals surface area (Å²) in [4.78, 5) is -0.00000295. The van der Waals surface area contributed by atoms with E-state index < -0.39 is 15.8 Å². The highest BCUT2D eigenvalue weighted by Crippen LogP contribution is 2.22. The summed E-state index contributed by atoms with van der Waals surface area (Å²) < 4.78 is 40.5. The van der Waals surface area contributed by atoms with E-state index in [0.29, 0.717) is 5.56 Å². The van der Waals surface area contributed by atoms with E-state index >= 15 is 0 Å². The molecule has 0 atom stereocenters. The first-order chi connectivity index (χ1) is 9.80. The van der Waals surface area contributed by atoms with Crippen molar-refractivity contribution in [3.63, 3.8) is 0 Å². The topological polar surface area (TPSA) is 37.4 Å². The lowest BCUT2D eigenvalue weighted by Crippen LogP contribution is -2.27. The van der Waals surface area contributed by atoms with Gasteiger partial charge in [-0.05, 0) is 42.3 Å². The van der Waals surface area contributed by atoms with Crippen molar-refractivity contribution in [2.75, 3.05) is 7.05 Å². The summed E-state index contributed by atoms with van der Waals surface area (Å²) in [5, 5.41) is 0. The first kappa shape index (κ1) is 16.1. The maximum atomic E-state index is 13.3. The quantitative estimate of drug-likeness (QED) is 0.821. The molecule has 0 saturated heterocycles. The van der Waals surface area contributed by atoms with E-state index in [1.807, 2.05) is 24.3 Å². The van der Waals surface area contributed by atoms with E-state index in [4.69, 9.17) is 0 Å². The van der Waals surface area contributed by atoms with Gasteiger partial charge in [0.05, 0.1) is 4.90 Å². The molecule has 6 heteroatoms. The van der Waals surface area contributed by atoms with Crippen LogP contribution in [0.5, 0.6) is 0 Å². The molecule has 2 rings (SSSR count). The summed E-state index contributed by atoms with van der Waals surface area (Å²) in [5.41, 5.74) is 1.38. The second-order valence-electron chi connectivity index (χ2n) is 4.80. The first-order valence-electron chi connectivity index (χ1n) is 6.27. The van der Waals surface area contributed by atoms with Crippen LogP contribution in [0.15, 0.2) is 51.8 Å². The van der Waals surface area contributed by atoms with Crippen molar-refractivity contribution in [2.24, 2.45) is 0 Å². The van der Waals surface area contributed by atoms with Crippen molar-refractivity contribution in [3.05, 3.63) is 63.9 Å². The predicted octanol–water partition coefficient (Wildman–Crippen LogP) is 3.72. The largest absolute Gasteiger partial charge is 0.243 e. The Morgan fingerprint density at radius 2 is 1.90 bits per heavy atom. The Hall–Kier alpha value is -1.24. The Bertz CT molecular complexity index is 762. The number of halogens is 2. The summed E-state index contributed by atoms with van der Waals surface area (Å²) in [6.07, 6.45) is 0. The second-order valence-corrected chi connectivity index (χ2v) is 7.73. The van der Waals surface area contributed by atoms with Gasteiger partial charge in [0.25, 0.3) is 0 Å². The molecule has 0 unspecified atom stereocenters. The Morgan fingerprint density at radius 3 is 2.57 bits per heavy atom. The highest BCUT2D eigenvalue weighted by Gasteiger charge is 2.23. The molecule has 0 heterocycles. The zero-order valence-corrected chi connectivity index (χ0v) is 14.1. The van der Waals surface area contributed by atoms with Crippen molar-refractivity contribution in [1.29, 1.82) is 0 Å². The van der Waals surface area contributed by atoms with Crippen LogP contribution >= 0.6 is 15.9 Å². The Kier molecular flexibility index (Phi) is 4.81. The summed E-state index contributed by atoms with van der Waals surface area (Å²) in [5.74, 6) is -0.560. The lowest BCUT2D eigenvalue weighted by Gasteiger charge is -2.18. The van der Waals surface area contributed by atoms with Crippen LogP contribution in [0, 0.1) is 12.7 Å². The van der Waals surface area contributed by atoms with Gasteiger partial charge in [0.15, 0.2) is 0 Å². The first-order valence-corrected chi connectivity index (χ1v) is 8.51. The molecule has 0 fully saturated rings. The number of hydrogen-bond acceptors (Lipinski definition) is 2. The number of sulfonamides is 1. The molecule has 21 heavy (non-hydrogen) atoms. The zero-order valence-electron chi connectivity index (χ0n) is 11.7. The summed E-state index contributed by atoms with van der Waals surface area (Å²) in [7, 11) is -2.24. The highest BCUT2D eigenvalue weighted by atomic mass is 79.9. The third kappa shape index (κ3) is 3.70. The molecule has 0 N–H and O–H groups in total. The normalized spacial score (nSPS) is 11.9. The van der Waals surface area contributed by atoms with Crippen molar-refractivity contribution < 1.29 is 12.8 Å². The minimum absolute atomic E-state index is 0.00000295. The van der Waals surface area contributed by atoms with Crippen LogP contribution < -0.4 is 0 Å². The molecule has 2 aromatic rings. The lowest BCUT2D eigenvalue weighted by molar-refractivity contribution is 0.465. The van der Waals surface area contributed by atoms with Gasteiger partial charge in [0, 0.05) is 18.1 Å². The molecule has 0 spiro atoms. The van der Waals surface area contributed by atoms with Crippen LogP contribution in [-0.2, 0) is 16.6 Å². The van der Waals surface area contributed by atoms with Crippen molar-refractivity contribution in [3.8, 4) is 0 Å². The fourth-order valence-electron chi connectivity index (χ4n) is 2.00. The fourth-order valence-corrected chi connectivity index (χ4v) is 3.84. The van der Waals surface area contributed by atoms with Gasteiger partial charge in [0.2, 0.25) is 10.0 Å². The molecular weight excluding hydrogens is 357 g/mol. The average Bonchev–Trinajstić information content (AvgIpc) is 2.41.